The van der Waals surface area contributed by atoms with E-state index in [1.165, 1.54) is 0 Å². The van der Waals surface area contributed by atoms with Crippen molar-refractivity contribution in [3.8, 4) is 0 Å². The number of H-pyrrole nitrogens is 1. The lowest BCUT2D eigenvalue weighted by Gasteiger charge is -2.32. The molecule has 7 nitrogen and oxygen atoms in total. The van der Waals surface area contributed by atoms with Crippen LogP contribution in [0.4, 0.5) is 0 Å². The summed E-state index contributed by atoms with van der Waals surface area (Å²) in [6.07, 6.45) is 8.98. The van der Waals surface area contributed by atoms with E-state index in [2.05, 4.69) is 30.1 Å². The molecule has 1 saturated heterocycles. The zero-order valence-electron chi connectivity index (χ0n) is 15.1. The van der Waals surface area contributed by atoms with E-state index in [9.17, 15) is 4.79 Å². The standard InChI is InChI=1S/C19H22N6OS/c26-19(17-15-4-1-5-16(15)22-23-17)25-7-2-3-13(9-25)18-20-6-8-24(18)10-14-11-27-12-21-14/h6,8,11-13H,1-5,7,9-10H2,(H,22,23). The Hall–Kier alpha value is -2.48. The monoisotopic (exact) mass is 382 g/mol. The van der Waals surface area contributed by atoms with Crippen LogP contribution < -0.4 is 0 Å². The Bertz CT molecular complexity index is 943. The first-order chi connectivity index (χ1) is 13.3. The number of likely N-dealkylation sites (tertiary alicyclic amines) is 1. The molecule has 1 N–H and O–H groups in total. The number of carbonyl (C=O) groups is 1. The number of aromatic amines is 1. The quantitative estimate of drug-likeness (QED) is 0.752. The van der Waals surface area contributed by atoms with Gasteiger partial charge in [-0.1, -0.05) is 0 Å². The van der Waals surface area contributed by atoms with Gasteiger partial charge in [-0.05, 0) is 32.1 Å². The Morgan fingerprint density at radius 1 is 1.30 bits per heavy atom. The summed E-state index contributed by atoms with van der Waals surface area (Å²) in [5, 5.41) is 9.45. The van der Waals surface area contributed by atoms with Gasteiger partial charge in [0.25, 0.3) is 5.91 Å². The van der Waals surface area contributed by atoms with Crippen molar-refractivity contribution in [3.63, 3.8) is 0 Å². The zero-order valence-corrected chi connectivity index (χ0v) is 15.9. The van der Waals surface area contributed by atoms with Crippen LogP contribution in [0.2, 0.25) is 0 Å². The number of imidazole rings is 1. The van der Waals surface area contributed by atoms with Gasteiger partial charge >= 0.3 is 0 Å². The lowest BCUT2D eigenvalue weighted by atomic mass is 9.96. The fourth-order valence-electron chi connectivity index (χ4n) is 4.32. The van der Waals surface area contributed by atoms with Crippen LogP contribution in [0.15, 0.2) is 23.3 Å². The van der Waals surface area contributed by atoms with Crippen LogP contribution >= 0.6 is 11.3 Å². The molecule has 0 saturated carbocycles. The minimum absolute atomic E-state index is 0.0664. The molecule has 0 aromatic carbocycles. The van der Waals surface area contributed by atoms with Crippen LogP contribution in [-0.2, 0) is 19.4 Å². The molecule has 3 aromatic heterocycles. The van der Waals surface area contributed by atoms with Crippen molar-refractivity contribution in [1.29, 1.82) is 0 Å². The largest absolute Gasteiger partial charge is 0.337 e. The number of carbonyl (C=O) groups excluding carboxylic acids is 1. The predicted molar refractivity (Wildman–Crippen MR) is 102 cm³/mol. The molecule has 1 unspecified atom stereocenters. The van der Waals surface area contributed by atoms with Gasteiger partial charge < -0.3 is 9.47 Å². The van der Waals surface area contributed by atoms with Crippen molar-refractivity contribution in [3.05, 3.63) is 51.8 Å². The molecule has 1 atom stereocenters. The van der Waals surface area contributed by atoms with Gasteiger partial charge in [0.1, 0.15) is 5.82 Å². The van der Waals surface area contributed by atoms with E-state index in [1.54, 1.807) is 11.3 Å². The topological polar surface area (TPSA) is 79.7 Å². The molecule has 8 heteroatoms. The Labute approximate surface area is 161 Å². The lowest BCUT2D eigenvalue weighted by molar-refractivity contribution is 0.0696. The molecule has 0 bridgehead atoms. The number of nitrogens with zero attached hydrogens (tertiary/aromatic N) is 5. The number of nitrogens with one attached hydrogen (secondary N) is 1. The van der Waals surface area contributed by atoms with Crippen molar-refractivity contribution in [2.45, 2.75) is 44.6 Å². The zero-order chi connectivity index (χ0) is 18.2. The first-order valence-corrected chi connectivity index (χ1v) is 10.5. The van der Waals surface area contributed by atoms with E-state index in [4.69, 9.17) is 0 Å². The fourth-order valence-corrected chi connectivity index (χ4v) is 4.87. The highest BCUT2D eigenvalue weighted by atomic mass is 32.1. The maximum absolute atomic E-state index is 13.1. The Morgan fingerprint density at radius 3 is 3.15 bits per heavy atom. The molecule has 140 valence electrons. The summed E-state index contributed by atoms with van der Waals surface area (Å²) in [5.74, 6) is 1.37. The number of thiazole rings is 1. The summed E-state index contributed by atoms with van der Waals surface area (Å²) >= 11 is 1.61. The van der Waals surface area contributed by atoms with Crippen molar-refractivity contribution in [2.75, 3.05) is 13.1 Å². The number of piperidine rings is 1. The second-order valence-electron chi connectivity index (χ2n) is 7.37. The van der Waals surface area contributed by atoms with Crippen LogP contribution in [0.5, 0.6) is 0 Å². The molecular weight excluding hydrogens is 360 g/mol. The van der Waals surface area contributed by atoms with E-state index in [1.807, 2.05) is 22.8 Å². The summed E-state index contributed by atoms with van der Waals surface area (Å²) in [6.45, 7) is 2.23. The van der Waals surface area contributed by atoms with Gasteiger partial charge in [0.15, 0.2) is 5.69 Å². The number of rotatable bonds is 4. The second kappa shape index (κ2) is 6.92. The third kappa shape index (κ3) is 3.07. The first-order valence-electron chi connectivity index (χ1n) is 9.53. The van der Waals surface area contributed by atoms with Crippen LogP contribution in [0.25, 0.3) is 0 Å². The minimum atomic E-state index is 0.0664. The van der Waals surface area contributed by atoms with Gasteiger partial charge in [0, 0.05) is 48.0 Å². The molecular formula is C19H22N6OS. The SMILES string of the molecule is O=C(c1n[nH]c2c1CCC2)N1CCCC(c2nccn2Cc2cscn2)C1. The maximum Gasteiger partial charge on any atom is 0.274 e. The third-order valence-electron chi connectivity index (χ3n) is 5.65. The van der Waals surface area contributed by atoms with Crippen molar-refractivity contribution in [2.24, 2.45) is 0 Å². The van der Waals surface area contributed by atoms with Crippen LogP contribution in [-0.4, -0.2) is 48.6 Å². The van der Waals surface area contributed by atoms with Gasteiger partial charge in [-0.25, -0.2) is 9.97 Å². The molecule has 0 radical (unpaired) electrons. The van der Waals surface area contributed by atoms with Crippen molar-refractivity contribution < 1.29 is 4.79 Å². The highest BCUT2D eigenvalue weighted by Gasteiger charge is 2.31. The second-order valence-corrected chi connectivity index (χ2v) is 8.09. The van der Waals surface area contributed by atoms with E-state index < -0.39 is 0 Å². The molecule has 1 amide bonds. The van der Waals surface area contributed by atoms with Gasteiger partial charge in [0.05, 0.1) is 17.7 Å². The average molecular weight is 382 g/mol. The molecule has 5 rings (SSSR count). The number of aromatic nitrogens is 5. The van der Waals surface area contributed by atoms with Crippen LogP contribution in [0.1, 0.15) is 58.4 Å². The number of hydrogen-bond acceptors (Lipinski definition) is 5. The Balaban J connectivity index is 1.34. The average Bonchev–Trinajstić information content (AvgIpc) is 3.46. The van der Waals surface area contributed by atoms with Gasteiger partial charge in [-0.3, -0.25) is 9.89 Å². The summed E-state index contributed by atoms with van der Waals surface area (Å²) in [4.78, 5) is 24.0. The summed E-state index contributed by atoms with van der Waals surface area (Å²) in [7, 11) is 0. The summed E-state index contributed by atoms with van der Waals surface area (Å²) < 4.78 is 2.17. The molecule has 0 spiro atoms. The van der Waals surface area contributed by atoms with Crippen molar-refractivity contribution in [1.82, 2.24) is 29.6 Å². The molecule has 1 aliphatic heterocycles. The number of amides is 1. The highest BCUT2D eigenvalue weighted by molar-refractivity contribution is 7.07. The number of hydrogen-bond donors (Lipinski definition) is 1. The predicted octanol–water partition coefficient (Wildman–Crippen LogP) is 2.62. The molecule has 27 heavy (non-hydrogen) atoms. The number of aryl methyl sites for hydroxylation is 1. The van der Waals surface area contributed by atoms with Crippen molar-refractivity contribution >= 4 is 17.2 Å². The van der Waals surface area contributed by atoms with E-state index in [-0.39, 0.29) is 11.8 Å². The normalized spacial score (nSPS) is 19.4. The maximum atomic E-state index is 13.1. The molecule has 1 fully saturated rings. The van der Waals surface area contributed by atoms with Gasteiger partial charge in [-0.2, -0.15) is 5.10 Å². The smallest absolute Gasteiger partial charge is 0.274 e. The van der Waals surface area contributed by atoms with Gasteiger partial charge in [-0.15, -0.1) is 11.3 Å². The van der Waals surface area contributed by atoms with Gasteiger partial charge in [0.2, 0.25) is 0 Å². The molecule has 1 aliphatic carbocycles. The Morgan fingerprint density at radius 2 is 2.26 bits per heavy atom. The Kier molecular flexibility index (Phi) is 4.27. The van der Waals surface area contributed by atoms with E-state index in [0.717, 1.165) is 68.0 Å². The first kappa shape index (κ1) is 16.7. The minimum Gasteiger partial charge on any atom is -0.337 e. The third-order valence-corrected chi connectivity index (χ3v) is 6.28. The molecule has 2 aliphatic rings. The van der Waals surface area contributed by atoms with Crippen LogP contribution in [0.3, 0.4) is 0 Å². The summed E-state index contributed by atoms with van der Waals surface area (Å²) in [5.41, 5.74) is 5.82. The number of fused-ring (bicyclic) bond motifs is 1. The van der Waals surface area contributed by atoms with E-state index in [0.29, 0.717) is 12.2 Å². The summed E-state index contributed by atoms with van der Waals surface area (Å²) in [6, 6.07) is 0. The highest BCUT2D eigenvalue weighted by Crippen LogP contribution is 2.29. The molecule has 3 aromatic rings. The fraction of sp³-hybridized carbons (Fsp3) is 0.474. The lowest BCUT2D eigenvalue weighted by Crippen LogP contribution is -2.40. The van der Waals surface area contributed by atoms with Crippen LogP contribution in [0, 0.1) is 0 Å². The van der Waals surface area contributed by atoms with E-state index >= 15 is 0 Å². The molecule has 4 heterocycles.